The molecule has 0 fully saturated rings. The topological polar surface area (TPSA) is 64.7 Å². The fraction of sp³-hybridized carbons (Fsp3) is 0. The molecule has 0 aliphatic carbocycles. The van der Waals surface area contributed by atoms with Gasteiger partial charge in [0, 0.05) is 0 Å². The minimum atomic E-state index is 0.272. The molecule has 0 aliphatic heterocycles. The van der Waals surface area contributed by atoms with Crippen LogP contribution in [0.4, 0.5) is 5.82 Å². The number of rotatable bonds is 0. The van der Waals surface area contributed by atoms with E-state index in [0.29, 0.717) is 5.82 Å². The summed E-state index contributed by atoms with van der Waals surface area (Å²) in [6.45, 7) is 0. The molecule has 0 saturated heterocycles. The quantitative estimate of drug-likeness (QED) is 0.599. The first-order chi connectivity index (χ1) is 6.86. The first-order valence-corrected chi connectivity index (χ1v) is 5.94. The molecule has 4 nitrogen and oxygen atoms in total. The van der Waals surface area contributed by atoms with Gasteiger partial charge in [0.1, 0.15) is 0 Å². The van der Waals surface area contributed by atoms with Gasteiger partial charge < -0.3 is 0 Å². The molecule has 3 heterocycles. The molecule has 68 valence electrons. The Morgan fingerprint density at radius 1 is 1.29 bits per heavy atom. The first-order valence-electron chi connectivity index (χ1n) is 4.09. The van der Waals surface area contributed by atoms with Gasteiger partial charge in [0.2, 0.25) is 0 Å². The van der Waals surface area contributed by atoms with Gasteiger partial charge in [0.15, 0.2) is 0 Å². The summed E-state index contributed by atoms with van der Waals surface area (Å²) in [4.78, 5) is 12.6. The summed E-state index contributed by atoms with van der Waals surface area (Å²) in [5.41, 5.74) is 7.34. The molecule has 0 atom stereocenters. The summed E-state index contributed by atoms with van der Waals surface area (Å²) < 4.78 is 1.20. The zero-order valence-electron chi connectivity index (χ0n) is 7.14. The molecular formula is C9H6N4Se. The fourth-order valence-electron chi connectivity index (χ4n) is 1.45. The molecule has 0 amide bonds. The SMILES string of the molecule is Nc1nc2ncccc2c2[se]cnc12. The van der Waals surface area contributed by atoms with Crippen LogP contribution in [-0.4, -0.2) is 29.5 Å². The average Bonchev–Trinajstić information content (AvgIpc) is 2.67. The van der Waals surface area contributed by atoms with Crippen LogP contribution in [0.3, 0.4) is 0 Å². The van der Waals surface area contributed by atoms with Crippen LogP contribution in [0.1, 0.15) is 0 Å². The number of pyridine rings is 2. The van der Waals surface area contributed by atoms with Crippen LogP contribution in [0, 0.1) is 0 Å². The van der Waals surface area contributed by atoms with Gasteiger partial charge >= 0.3 is 85.2 Å². The molecule has 3 rings (SSSR count). The Balaban J connectivity index is 2.66. The van der Waals surface area contributed by atoms with Gasteiger partial charge in [-0.1, -0.05) is 0 Å². The third kappa shape index (κ3) is 0.967. The molecule has 14 heavy (non-hydrogen) atoms. The van der Waals surface area contributed by atoms with Gasteiger partial charge in [0.25, 0.3) is 0 Å². The Kier molecular flexibility index (Phi) is 1.56. The Labute approximate surface area is 85.6 Å². The molecule has 0 aromatic carbocycles. The van der Waals surface area contributed by atoms with E-state index in [-0.39, 0.29) is 14.5 Å². The predicted octanol–water partition coefficient (Wildman–Crippen LogP) is 0.817. The van der Waals surface area contributed by atoms with E-state index in [9.17, 15) is 0 Å². The Bertz CT molecular complexity index is 616. The van der Waals surface area contributed by atoms with Gasteiger partial charge in [-0.25, -0.2) is 0 Å². The van der Waals surface area contributed by atoms with Crippen molar-refractivity contribution in [3.8, 4) is 0 Å². The Morgan fingerprint density at radius 3 is 3.14 bits per heavy atom. The number of aromatic nitrogens is 3. The van der Waals surface area contributed by atoms with Crippen molar-refractivity contribution in [3.63, 3.8) is 0 Å². The monoisotopic (exact) mass is 250 g/mol. The van der Waals surface area contributed by atoms with Gasteiger partial charge in [-0.15, -0.1) is 0 Å². The van der Waals surface area contributed by atoms with E-state index in [4.69, 9.17) is 5.73 Å². The van der Waals surface area contributed by atoms with Crippen molar-refractivity contribution in [3.05, 3.63) is 23.4 Å². The number of hydrogen-bond acceptors (Lipinski definition) is 4. The maximum atomic E-state index is 5.78. The van der Waals surface area contributed by atoms with Crippen molar-refractivity contribution < 1.29 is 0 Å². The van der Waals surface area contributed by atoms with Crippen LogP contribution >= 0.6 is 0 Å². The predicted molar refractivity (Wildman–Crippen MR) is 56.2 cm³/mol. The zero-order chi connectivity index (χ0) is 9.54. The third-order valence-corrected chi connectivity index (χ3v) is 3.87. The second kappa shape index (κ2) is 2.77. The van der Waals surface area contributed by atoms with Crippen LogP contribution in [0.2, 0.25) is 0 Å². The van der Waals surface area contributed by atoms with Crippen LogP contribution in [-0.2, 0) is 0 Å². The van der Waals surface area contributed by atoms with E-state index in [0.717, 1.165) is 16.6 Å². The second-order valence-corrected chi connectivity index (χ2v) is 4.70. The van der Waals surface area contributed by atoms with Gasteiger partial charge in [-0.3, -0.25) is 0 Å². The van der Waals surface area contributed by atoms with Crippen molar-refractivity contribution in [2.24, 2.45) is 0 Å². The number of fused-ring (bicyclic) bond motifs is 3. The maximum absolute atomic E-state index is 5.78. The number of anilines is 1. The van der Waals surface area contributed by atoms with Crippen molar-refractivity contribution in [1.82, 2.24) is 15.0 Å². The summed E-state index contributed by atoms with van der Waals surface area (Å²) in [5.74, 6) is 0.488. The molecule has 0 saturated carbocycles. The second-order valence-electron chi connectivity index (χ2n) is 2.90. The van der Waals surface area contributed by atoms with Gasteiger partial charge in [-0.05, 0) is 0 Å². The van der Waals surface area contributed by atoms with E-state index in [1.54, 1.807) is 6.20 Å². The first kappa shape index (κ1) is 7.91. The third-order valence-electron chi connectivity index (χ3n) is 2.07. The number of nitrogens with two attached hydrogens (primary N) is 1. The van der Waals surface area contributed by atoms with Crippen LogP contribution < -0.4 is 5.73 Å². The van der Waals surface area contributed by atoms with Crippen molar-refractivity contribution in [2.45, 2.75) is 0 Å². The molecule has 0 aliphatic rings. The summed E-state index contributed by atoms with van der Waals surface area (Å²) in [7, 11) is 0. The Hall–Kier alpha value is -1.45. The molecule has 3 aromatic rings. The fourth-order valence-corrected chi connectivity index (χ4v) is 3.17. The Morgan fingerprint density at radius 2 is 2.21 bits per heavy atom. The summed E-state index contributed by atoms with van der Waals surface area (Å²) >= 11 is 0.272. The summed E-state index contributed by atoms with van der Waals surface area (Å²) in [5, 5.41) is 3.00. The summed E-state index contributed by atoms with van der Waals surface area (Å²) in [6.07, 6.45) is 1.73. The van der Waals surface area contributed by atoms with Gasteiger partial charge in [0.05, 0.1) is 0 Å². The van der Waals surface area contributed by atoms with E-state index in [1.807, 2.05) is 17.2 Å². The molecule has 5 heteroatoms. The van der Waals surface area contributed by atoms with E-state index in [1.165, 1.54) is 4.26 Å². The number of nitrogens with zero attached hydrogens (tertiary/aromatic N) is 3. The standard InChI is InChI=1S/C9H6N4Se/c10-8-6-7(14-4-12-6)5-2-1-3-11-9(5)13-8/h1-4H,(H2,10,11,13). The van der Waals surface area contributed by atoms with E-state index >= 15 is 0 Å². The van der Waals surface area contributed by atoms with Crippen molar-refractivity contribution in [1.29, 1.82) is 0 Å². The molecule has 0 bridgehead atoms. The average molecular weight is 249 g/mol. The van der Waals surface area contributed by atoms with Crippen LogP contribution in [0.5, 0.6) is 0 Å². The van der Waals surface area contributed by atoms with Gasteiger partial charge in [-0.2, -0.15) is 0 Å². The molecule has 0 spiro atoms. The number of hydrogen-bond donors (Lipinski definition) is 1. The van der Waals surface area contributed by atoms with Crippen LogP contribution in [0.15, 0.2) is 23.4 Å². The van der Waals surface area contributed by atoms with Crippen molar-refractivity contribution >= 4 is 41.1 Å². The van der Waals surface area contributed by atoms with E-state index in [2.05, 4.69) is 15.0 Å². The zero-order valence-corrected chi connectivity index (χ0v) is 8.85. The normalized spacial score (nSPS) is 11.1. The molecule has 0 unspecified atom stereocenters. The van der Waals surface area contributed by atoms with E-state index < -0.39 is 0 Å². The number of nitrogen functional groups attached to an aromatic ring is 1. The summed E-state index contributed by atoms with van der Waals surface area (Å²) in [6, 6.07) is 3.93. The minimum absolute atomic E-state index is 0.272. The molecule has 3 aromatic heterocycles. The molecule has 2 N–H and O–H groups in total. The molecular weight excluding hydrogens is 243 g/mol. The van der Waals surface area contributed by atoms with Crippen LogP contribution in [0.25, 0.3) is 20.8 Å². The van der Waals surface area contributed by atoms with Crippen molar-refractivity contribution in [2.75, 3.05) is 5.73 Å². The molecule has 0 radical (unpaired) electrons.